The Morgan fingerprint density at radius 1 is 1.16 bits per heavy atom. The molecule has 1 heterocycles. The minimum absolute atomic E-state index is 0.140. The first-order valence-corrected chi connectivity index (χ1v) is 9.29. The molecule has 0 bridgehead atoms. The van der Waals surface area contributed by atoms with E-state index in [2.05, 4.69) is 5.32 Å². The van der Waals surface area contributed by atoms with E-state index >= 15 is 0 Å². The molecule has 1 aliphatic rings. The number of methoxy groups -OCH3 is 1. The third kappa shape index (κ3) is 4.43. The molecule has 7 nitrogen and oxygen atoms in total. The van der Waals surface area contributed by atoms with Crippen LogP contribution in [0.2, 0.25) is 0 Å². The summed E-state index contributed by atoms with van der Waals surface area (Å²) in [5.74, 6) is -2.47. The van der Waals surface area contributed by atoms with E-state index in [4.69, 9.17) is 9.47 Å². The van der Waals surface area contributed by atoms with Crippen molar-refractivity contribution in [1.82, 2.24) is 10.6 Å². The molecule has 1 saturated heterocycles. The van der Waals surface area contributed by atoms with Gasteiger partial charge in [-0.3, -0.25) is 4.79 Å². The van der Waals surface area contributed by atoms with Gasteiger partial charge in [0.2, 0.25) is 5.72 Å². The van der Waals surface area contributed by atoms with Gasteiger partial charge in [-0.2, -0.15) is 13.2 Å². The maximum absolute atomic E-state index is 13.6. The average molecular weight is 438 g/mol. The van der Waals surface area contributed by atoms with E-state index in [9.17, 15) is 27.9 Å². The summed E-state index contributed by atoms with van der Waals surface area (Å²) in [4.78, 5) is 24.0. The van der Waals surface area contributed by atoms with Crippen LogP contribution in [0, 0.1) is 5.92 Å². The largest absolute Gasteiger partial charge is 0.493 e. The van der Waals surface area contributed by atoms with E-state index in [0.29, 0.717) is 5.75 Å². The fraction of sp³-hybridized carbons (Fsp3) is 0.333. The summed E-state index contributed by atoms with van der Waals surface area (Å²) in [6, 6.07) is 10.8. The molecule has 0 saturated carbocycles. The van der Waals surface area contributed by atoms with Gasteiger partial charge in [0.15, 0.2) is 11.5 Å². The molecule has 1 fully saturated rings. The molecule has 31 heavy (non-hydrogen) atoms. The van der Waals surface area contributed by atoms with Crippen molar-refractivity contribution in [2.75, 3.05) is 7.11 Å². The highest BCUT2D eigenvalue weighted by Crippen LogP contribution is 2.44. The number of alkyl halides is 3. The molecule has 2 amide bonds. The van der Waals surface area contributed by atoms with Crippen LogP contribution in [0.15, 0.2) is 48.5 Å². The Morgan fingerprint density at radius 3 is 2.42 bits per heavy atom. The Bertz CT molecular complexity index is 967. The second-order valence-corrected chi connectivity index (χ2v) is 7.11. The second-order valence-electron chi connectivity index (χ2n) is 7.11. The lowest BCUT2D eigenvalue weighted by Crippen LogP contribution is -2.72. The summed E-state index contributed by atoms with van der Waals surface area (Å²) < 4.78 is 51.8. The van der Waals surface area contributed by atoms with Crippen LogP contribution in [0.25, 0.3) is 0 Å². The molecule has 0 aliphatic carbocycles. The predicted octanol–water partition coefficient (Wildman–Crippen LogP) is 3.08. The minimum Gasteiger partial charge on any atom is -0.493 e. The van der Waals surface area contributed by atoms with Gasteiger partial charge in [-0.05, 0) is 30.2 Å². The monoisotopic (exact) mass is 438 g/mol. The average Bonchev–Trinajstić information content (AvgIpc) is 2.71. The van der Waals surface area contributed by atoms with Crippen LogP contribution < -0.4 is 20.1 Å². The summed E-state index contributed by atoms with van der Waals surface area (Å²) >= 11 is 0. The van der Waals surface area contributed by atoms with Crippen molar-refractivity contribution in [3.63, 3.8) is 0 Å². The van der Waals surface area contributed by atoms with Gasteiger partial charge in [0.25, 0.3) is 0 Å². The van der Waals surface area contributed by atoms with Gasteiger partial charge in [0, 0.05) is 0 Å². The summed E-state index contributed by atoms with van der Waals surface area (Å²) in [5, 5.41) is 14.0. The Hall–Kier alpha value is -3.27. The van der Waals surface area contributed by atoms with Crippen molar-refractivity contribution in [2.24, 2.45) is 5.92 Å². The standard InChI is InChI=1S/C21H21F3N2O5/c1-12(27)17-18(25-19(28)26-20(17,29)21(22,23)24)14-8-9-15(16(10-14)30-2)31-11-13-6-4-3-5-7-13/h3-10,17-18,29H,11H2,1-2H3,(H2,25,26,28)/t17-,18+,20+/m0/s1. The van der Waals surface area contributed by atoms with E-state index in [1.54, 1.807) is 0 Å². The lowest BCUT2D eigenvalue weighted by molar-refractivity contribution is -0.290. The highest BCUT2D eigenvalue weighted by Gasteiger charge is 2.65. The predicted molar refractivity (Wildman–Crippen MR) is 103 cm³/mol. The normalized spacial score (nSPS) is 23.5. The fourth-order valence-corrected chi connectivity index (χ4v) is 3.54. The first kappa shape index (κ1) is 22.4. The second kappa shape index (κ2) is 8.46. The molecule has 0 aromatic heterocycles. The zero-order valence-electron chi connectivity index (χ0n) is 16.7. The topological polar surface area (TPSA) is 96.9 Å². The Kier molecular flexibility index (Phi) is 6.12. The van der Waals surface area contributed by atoms with Gasteiger partial charge in [-0.15, -0.1) is 0 Å². The van der Waals surface area contributed by atoms with Crippen LogP contribution in [0.1, 0.15) is 24.1 Å². The molecule has 2 aromatic carbocycles. The van der Waals surface area contributed by atoms with Crippen LogP contribution in [-0.2, 0) is 11.4 Å². The molecule has 3 rings (SSSR count). The SMILES string of the molecule is COc1cc([C@H]2NC(=O)N[C@](O)(C(F)(F)F)[C@H]2C(C)=O)ccc1OCc1ccccc1. The summed E-state index contributed by atoms with van der Waals surface area (Å²) in [6.07, 6.45) is -5.28. The number of aliphatic hydroxyl groups is 1. The van der Waals surface area contributed by atoms with Gasteiger partial charge in [0.1, 0.15) is 12.4 Å². The van der Waals surface area contributed by atoms with Crippen LogP contribution in [0.5, 0.6) is 11.5 Å². The maximum atomic E-state index is 13.6. The van der Waals surface area contributed by atoms with E-state index < -0.39 is 35.7 Å². The number of ether oxygens (including phenoxy) is 2. The van der Waals surface area contributed by atoms with Crippen LogP contribution in [0.4, 0.5) is 18.0 Å². The number of Topliss-reactive ketones (excluding diaryl/α,β-unsaturated/α-hetero) is 1. The fourth-order valence-electron chi connectivity index (χ4n) is 3.54. The smallest absolute Gasteiger partial charge is 0.437 e. The summed E-state index contributed by atoms with van der Waals surface area (Å²) in [5.41, 5.74) is -2.69. The number of rotatable bonds is 6. The molecule has 10 heteroatoms. The number of nitrogens with one attached hydrogen (secondary N) is 2. The van der Waals surface area contributed by atoms with Gasteiger partial charge >= 0.3 is 12.2 Å². The lowest BCUT2D eigenvalue weighted by Gasteiger charge is -2.44. The quantitative estimate of drug-likeness (QED) is 0.644. The highest BCUT2D eigenvalue weighted by molar-refractivity contribution is 5.86. The van der Waals surface area contributed by atoms with Crippen LogP contribution in [0.3, 0.4) is 0 Å². The van der Waals surface area contributed by atoms with Crippen molar-refractivity contribution in [3.8, 4) is 11.5 Å². The van der Waals surface area contributed by atoms with Crippen LogP contribution in [-0.4, -0.2) is 35.9 Å². The molecule has 0 unspecified atom stereocenters. The number of carbonyl (C=O) groups is 2. The lowest BCUT2D eigenvalue weighted by atomic mass is 9.79. The van der Waals surface area contributed by atoms with Crippen molar-refractivity contribution < 1.29 is 37.3 Å². The van der Waals surface area contributed by atoms with Gasteiger partial charge in [0.05, 0.1) is 19.1 Å². The van der Waals surface area contributed by atoms with E-state index in [1.807, 2.05) is 30.3 Å². The van der Waals surface area contributed by atoms with Crippen molar-refractivity contribution >= 4 is 11.8 Å². The summed E-state index contributed by atoms with van der Waals surface area (Å²) in [7, 11) is 1.35. The minimum atomic E-state index is -5.28. The highest BCUT2D eigenvalue weighted by atomic mass is 19.4. The van der Waals surface area contributed by atoms with Crippen molar-refractivity contribution in [1.29, 1.82) is 0 Å². The summed E-state index contributed by atoms with van der Waals surface area (Å²) in [6.45, 7) is 1.15. The van der Waals surface area contributed by atoms with Crippen molar-refractivity contribution in [3.05, 3.63) is 59.7 Å². The number of amides is 2. The van der Waals surface area contributed by atoms with Crippen LogP contribution >= 0.6 is 0 Å². The van der Waals surface area contributed by atoms with E-state index in [-0.39, 0.29) is 17.9 Å². The molecule has 0 spiro atoms. The van der Waals surface area contributed by atoms with Gasteiger partial charge in [-0.1, -0.05) is 36.4 Å². The molecule has 1 aliphatic heterocycles. The maximum Gasteiger partial charge on any atom is 0.437 e. The number of hydrogen-bond donors (Lipinski definition) is 3. The Balaban J connectivity index is 1.94. The third-order valence-electron chi connectivity index (χ3n) is 5.03. The molecular weight excluding hydrogens is 417 g/mol. The van der Waals surface area contributed by atoms with Gasteiger partial charge in [-0.25, -0.2) is 4.79 Å². The molecule has 2 aromatic rings. The van der Waals surface area contributed by atoms with Gasteiger partial charge < -0.3 is 25.2 Å². The number of carbonyl (C=O) groups excluding carboxylic acids is 2. The third-order valence-corrected chi connectivity index (χ3v) is 5.03. The first-order chi connectivity index (χ1) is 14.6. The number of halogens is 3. The molecular formula is C21H21F3N2O5. The molecule has 3 atom stereocenters. The Morgan fingerprint density at radius 2 is 1.84 bits per heavy atom. The first-order valence-electron chi connectivity index (χ1n) is 9.29. The molecule has 166 valence electrons. The van der Waals surface area contributed by atoms with E-state index in [1.165, 1.54) is 30.6 Å². The Labute approximate surface area is 176 Å². The number of hydrogen-bond acceptors (Lipinski definition) is 5. The zero-order valence-corrected chi connectivity index (χ0v) is 16.7. The molecule has 0 radical (unpaired) electrons. The number of benzene rings is 2. The van der Waals surface area contributed by atoms with E-state index in [0.717, 1.165) is 12.5 Å². The molecule has 3 N–H and O–H groups in total. The zero-order chi connectivity index (χ0) is 22.8. The number of urea groups is 1. The number of ketones is 1. The van der Waals surface area contributed by atoms with Crippen molar-refractivity contribution in [2.45, 2.75) is 31.5 Å².